The summed E-state index contributed by atoms with van der Waals surface area (Å²) in [5.41, 5.74) is 1.82. The van der Waals surface area contributed by atoms with Crippen molar-refractivity contribution in [1.82, 2.24) is 9.71 Å². The first-order chi connectivity index (χ1) is 14.4. The third-order valence-electron chi connectivity index (χ3n) is 4.52. The number of H-pyrrole nitrogens is 1. The molecule has 0 radical (unpaired) electrons. The van der Waals surface area contributed by atoms with Crippen LogP contribution in [0.25, 0.3) is 10.9 Å². The van der Waals surface area contributed by atoms with Crippen molar-refractivity contribution in [2.45, 2.75) is 13.5 Å². The summed E-state index contributed by atoms with van der Waals surface area (Å²) in [6.07, 6.45) is 0. The zero-order valence-electron chi connectivity index (χ0n) is 16.0. The number of carbonyl (C=O) groups excluding carboxylic acids is 2. The van der Waals surface area contributed by atoms with E-state index in [1.165, 1.54) is 6.07 Å². The van der Waals surface area contributed by atoms with E-state index in [1.54, 1.807) is 19.1 Å². The van der Waals surface area contributed by atoms with Gasteiger partial charge in [-0.3, -0.25) is 4.79 Å². The zero-order valence-corrected chi connectivity index (χ0v) is 16.9. The van der Waals surface area contributed by atoms with E-state index in [9.17, 15) is 18.0 Å². The monoisotopic (exact) mass is 429 g/mol. The molecule has 1 aliphatic rings. The van der Waals surface area contributed by atoms with E-state index < -0.39 is 22.1 Å². The van der Waals surface area contributed by atoms with E-state index in [4.69, 9.17) is 9.47 Å². The molecular weight excluding hydrogens is 410 g/mol. The summed E-state index contributed by atoms with van der Waals surface area (Å²) in [5, 5.41) is 0.640. The molecule has 3 aromatic rings. The van der Waals surface area contributed by atoms with E-state index in [0.29, 0.717) is 10.9 Å². The third kappa shape index (κ3) is 3.81. The predicted octanol–water partition coefficient (Wildman–Crippen LogP) is 2.10. The van der Waals surface area contributed by atoms with E-state index in [1.807, 2.05) is 35.1 Å². The number of ether oxygens (including phenoxy) is 2. The maximum Gasteiger partial charge on any atom is 0.354 e. The highest BCUT2D eigenvalue weighted by Crippen LogP contribution is 2.36. The summed E-state index contributed by atoms with van der Waals surface area (Å²) >= 11 is 0. The van der Waals surface area contributed by atoms with Gasteiger partial charge in [0.05, 0.1) is 12.3 Å². The van der Waals surface area contributed by atoms with Crippen LogP contribution in [0.3, 0.4) is 0 Å². The molecule has 10 heteroatoms. The number of anilines is 1. The number of amides is 1. The smallest absolute Gasteiger partial charge is 0.354 e. The normalized spacial score (nSPS) is 15.2. The minimum absolute atomic E-state index is 0.189. The van der Waals surface area contributed by atoms with Crippen LogP contribution in [0.5, 0.6) is 5.75 Å². The van der Waals surface area contributed by atoms with Crippen molar-refractivity contribution in [3.8, 4) is 5.75 Å². The van der Waals surface area contributed by atoms with Crippen LogP contribution < -0.4 is 13.8 Å². The Morgan fingerprint density at radius 2 is 1.93 bits per heavy atom. The number of rotatable bonds is 6. The summed E-state index contributed by atoms with van der Waals surface area (Å²) in [6.45, 7) is 1.77. The molecular formula is C20H19N3O6S. The lowest BCUT2D eigenvalue weighted by atomic mass is 10.2. The highest BCUT2D eigenvalue weighted by atomic mass is 32.2. The number of aromatic amines is 1. The van der Waals surface area contributed by atoms with Gasteiger partial charge in [0.25, 0.3) is 5.91 Å². The van der Waals surface area contributed by atoms with Crippen LogP contribution in [0.1, 0.15) is 23.0 Å². The minimum Gasteiger partial charge on any atom is -0.487 e. The second-order valence-corrected chi connectivity index (χ2v) is 8.22. The molecule has 9 nitrogen and oxygen atoms in total. The average molecular weight is 429 g/mol. The molecule has 1 aromatic heterocycles. The molecule has 1 amide bonds. The number of aromatic nitrogens is 1. The number of nitrogens with zero attached hydrogens (tertiary/aromatic N) is 1. The number of nitrogens with one attached hydrogen (secondary N) is 2. The van der Waals surface area contributed by atoms with Gasteiger partial charge in [-0.15, -0.1) is 0 Å². The van der Waals surface area contributed by atoms with Gasteiger partial charge in [-0.05, 0) is 30.7 Å². The van der Waals surface area contributed by atoms with E-state index >= 15 is 0 Å². The number of benzene rings is 2. The van der Waals surface area contributed by atoms with Crippen molar-refractivity contribution < 1.29 is 27.5 Å². The number of hydrogen-bond acceptors (Lipinski definition) is 6. The number of esters is 1. The van der Waals surface area contributed by atoms with Crippen molar-refractivity contribution >= 4 is 38.7 Å². The molecule has 0 saturated carbocycles. The topological polar surface area (TPSA) is 118 Å². The summed E-state index contributed by atoms with van der Waals surface area (Å²) in [7, 11) is -4.03. The molecule has 0 bridgehead atoms. The molecule has 0 unspecified atom stereocenters. The number of hydrogen-bond donors (Lipinski definition) is 2. The predicted molar refractivity (Wildman–Crippen MR) is 109 cm³/mol. The van der Waals surface area contributed by atoms with Gasteiger partial charge in [0.15, 0.2) is 0 Å². The average Bonchev–Trinajstić information content (AvgIpc) is 3.25. The van der Waals surface area contributed by atoms with Gasteiger partial charge in [-0.25, -0.2) is 13.8 Å². The molecule has 1 aliphatic heterocycles. The van der Waals surface area contributed by atoms with Crippen LogP contribution in [0.2, 0.25) is 0 Å². The fraction of sp³-hybridized carbons (Fsp3) is 0.200. The molecule has 2 aromatic carbocycles. The Morgan fingerprint density at radius 3 is 2.60 bits per heavy atom. The van der Waals surface area contributed by atoms with Crippen molar-refractivity contribution in [2.24, 2.45) is 0 Å². The van der Waals surface area contributed by atoms with Crippen LogP contribution in [0.15, 0.2) is 48.5 Å². The zero-order chi connectivity index (χ0) is 21.3. The summed E-state index contributed by atoms with van der Waals surface area (Å²) in [6, 6.07) is 14.2. The fourth-order valence-corrected chi connectivity index (χ4v) is 4.33. The summed E-state index contributed by atoms with van der Waals surface area (Å²) < 4.78 is 38.6. The maximum atomic E-state index is 12.4. The first-order valence-corrected chi connectivity index (χ1v) is 10.7. The van der Waals surface area contributed by atoms with Crippen molar-refractivity contribution in [3.05, 3.63) is 59.8 Å². The maximum absolute atomic E-state index is 12.4. The molecule has 0 spiro atoms. The molecule has 30 heavy (non-hydrogen) atoms. The molecule has 0 atom stereocenters. The molecule has 1 fully saturated rings. The lowest BCUT2D eigenvalue weighted by Gasteiger charge is -2.19. The van der Waals surface area contributed by atoms with Gasteiger partial charge < -0.3 is 14.5 Å². The Labute approximate surface area is 172 Å². The first-order valence-electron chi connectivity index (χ1n) is 9.21. The summed E-state index contributed by atoms with van der Waals surface area (Å²) in [5.74, 6) is -0.892. The standard InChI is InChI=1S/C20H19N3O6S/c1-2-28-20(25)16-8-14-9-18(29-12-13-6-4-3-5-7-13)17(10-15(14)21-16)23-11-19(24)22-30(23,26)27/h3-10,21H,2,11-12H2,1H3,(H,22,24). The fourth-order valence-electron chi connectivity index (χ4n) is 3.17. The van der Waals surface area contributed by atoms with Crippen LogP contribution in [-0.4, -0.2) is 38.4 Å². The Morgan fingerprint density at radius 1 is 1.17 bits per heavy atom. The molecule has 4 rings (SSSR count). The van der Waals surface area contributed by atoms with Crippen molar-refractivity contribution in [3.63, 3.8) is 0 Å². The van der Waals surface area contributed by atoms with Crippen LogP contribution in [0.4, 0.5) is 5.69 Å². The van der Waals surface area contributed by atoms with Gasteiger partial charge in [-0.2, -0.15) is 8.42 Å². The van der Waals surface area contributed by atoms with Gasteiger partial charge in [0, 0.05) is 10.9 Å². The third-order valence-corrected chi connectivity index (χ3v) is 5.91. The van der Waals surface area contributed by atoms with E-state index in [2.05, 4.69) is 4.98 Å². The highest BCUT2D eigenvalue weighted by Gasteiger charge is 2.36. The number of carbonyl (C=O) groups is 2. The van der Waals surface area contributed by atoms with Gasteiger partial charge in [0.1, 0.15) is 24.6 Å². The lowest BCUT2D eigenvalue weighted by molar-refractivity contribution is -0.117. The summed E-state index contributed by atoms with van der Waals surface area (Å²) in [4.78, 5) is 26.7. The Kier molecular flexibility index (Phi) is 5.08. The molecule has 0 aliphatic carbocycles. The largest absolute Gasteiger partial charge is 0.487 e. The van der Waals surface area contributed by atoms with Gasteiger partial charge in [0.2, 0.25) is 0 Å². The van der Waals surface area contributed by atoms with Gasteiger partial charge in [-0.1, -0.05) is 30.3 Å². The minimum atomic E-state index is -4.03. The molecule has 2 heterocycles. The van der Waals surface area contributed by atoms with Crippen molar-refractivity contribution in [2.75, 3.05) is 17.5 Å². The lowest BCUT2D eigenvalue weighted by Crippen LogP contribution is -2.29. The number of fused-ring (bicyclic) bond motifs is 1. The molecule has 2 N–H and O–H groups in total. The van der Waals surface area contributed by atoms with Gasteiger partial charge >= 0.3 is 16.2 Å². The van der Waals surface area contributed by atoms with Crippen LogP contribution in [0, 0.1) is 0 Å². The van der Waals surface area contributed by atoms with Crippen molar-refractivity contribution in [1.29, 1.82) is 0 Å². The molecule has 1 saturated heterocycles. The second-order valence-electron chi connectivity index (χ2n) is 6.62. The SMILES string of the molecule is CCOC(=O)c1cc2cc(OCc3ccccc3)c(N3CC(=O)NS3(=O)=O)cc2[nH]1. The van der Waals surface area contributed by atoms with E-state index in [0.717, 1.165) is 9.87 Å². The highest BCUT2D eigenvalue weighted by molar-refractivity contribution is 7.92. The second kappa shape index (κ2) is 7.71. The Balaban J connectivity index is 1.77. The van der Waals surface area contributed by atoms with Crippen LogP contribution >= 0.6 is 0 Å². The molecule has 156 valence electrons. The van der Waals surface area contributed by atoms with Crippen LogP contribution in [-0.2, 0) is 26.3 Å². The first kappa shape index (κ1) is 19.8. The Hall–Kier alpha value is -3.53. The quantitative estimate of drug-likeness (QED) is 0.580. The van der Waals surface area contributed by atoms with E-state index in [-0.39, 0.29) is 36.9 Å². The Bertz CT molecular complexity index is 1220.